The Labute approximate surface area is 155 Å². The van der Waals surface area contributed by atoms with Crippen LogP contribution in [0, 0.1) is 5.92 Å². The number of aliphatic hydroxyl groups excluding tert-OH is 3. The molecule has 8 nitrogen and oxygen atoms in total. The van der Waals surface area contributed by atoms with E-state index in [1.54, 1.807) is 18.3 Å². The highest BCUT2D eigenvalue weighted by Crippen LogP contribution is 2.31. The minimum atomic E-state index is -1.05. The largest absolute Gasteiger partial charge is 0.396 e. The molecule has 1 aliphatic carbocycles. The summed E-state index contributed by atoms with van der Waals surface area (Å²) in [5, 5.41) is 32.7. The van der Waals surface area contributed by atoms with E-state index in [4.69, 9.17) is 17.3 Å². The number of anilines is 2. The normalized spacial score (nSPS) is 25.7. The molecule has 6 N–H and O–H groups in total. The lowest BCUT2D eigenvalue weighted by Gasteiger charge is -2.20. The molecule has 138 valence electrons. The average molecular weight is 378 g/mol. The molecule has 1 aliphatic rings. The Hall–Kier alpha value is -2.26. The van der Waals surface area contributed by atoms with Crippen LogP contribution in [0.3, 0.4) is 0 Å². The summed E-state index contributed by atoms with van der Waals surface area (Å²) in [6, 6.07) is 5.00. The SMILES string of the molecule is Nc1nc(Cl)c(C=Cc2ccccn2)c(N[C@@H]2C[C@H](CO)[C@@H](O)[C@H]2O)n1. The number of aromatic nitrogens is 3. The predicted octanol–water partition coefficient (Wildman–Crippen LogP) is 0.792. The van der Waals surface area contributed by atoms with Crippen molar-refractivity contribution < 1.29 is 15.3 Å². The van der Waals surface area contributed by atoms with Crippen molar-refractivity contribution in [3.8, 4) is 0 Å². The maximum Gasteiger partial charge on any atom is 0.223 e. The maximum atomic E-state index is 10.2. The first kappa shape index (κ1) is 18.5. The van der Waals surface area contributed by atoms with Gasteiger partial charge < -0.3 is 26.4 Å². The third-order valence-electron chi connectivity index (χ3n) is 4.38. The van der Waals surface area contributed by atoms with E-state index in [0.29, 0.717) is 17.8 Å². The second-order valence-corrected chi connectivity index (χ2v) is 6.49. The zero-order chi connectivity index (χ0) is 18.7. The number of nitrogens with two attached hydrogens (primary N) is 1. The molecule has 1 saturated carbocycles. The first-order chi connectivity index (χ1) is 12.5. The predicted molar refractivity (Wildman–Crippen MR) is 99.2 cm³/mol. The molecular weight excluding hydrogens is 358 g/mol. The molecule has 0 saturated heterocycles. The van der Waals surface area contributed by atoms with Crippen molar-refractivity contribution in [2.75, 3.05) is 17.7 Å². The van der Waals surface area contributed by atoms with Gasteiger partial charge in [0.2, 0.25) is 5.95 Å². The quantitative estimate of drug-likeness (QED) is 0.482. The van der Waals surface area contributed by atoms with E-state index < -0.39 is 24.2 Å². The van der Waals surface area contributed by atoms with E-state index in [-0.39, 0.29) is 17.7 Å². The van der Waals surface area contributed by atoms with Gasteiger partial charge in [0.25, 0.3) is 0 Å². The number of aliphatic hydroxyl groups is 3. The molecular formula is C17H20ClN5O3. The van der Waals surface area contributed by atoms with Crippen LogP contribution in [0.15, 0.2) is 24.4 Å². The lowest BCUT2D eigenvalue weighted by Crippen LogP contribution is -2.35. The number of nitrogens with one attached hydrogen (secondary N) is 1. The Kier molecular flexibility index (Phi) is 5.67. The highest BCUT2D eigenvalue weighted by atomic mass is 35.5. The Morgan fingerprint density at radius 3 is 2.69 bits per heavy atom. The van der Waals surface area contributed by atoms with E-state index in [0.717, 1.165) is 5.69 Å². The standard InChI is InChI=1S/C17H20ClN5O3/c18-15-11(5-4-10-3-1-2-6-20-10)16(23-17(19)22-15)21-12-7-9(8-24)13(25)14(12)26/h1-6,9,12-14,24-26H,7-8H2,(H3,19,21,22,23)/t9-,12-,13-,14+/m1/s1. The Balaban J connectivity index is 1.88. The van der Waals surface area contributed by atoms with E-state index in [1.807, 2.05) is 18.2 Å². The maximum absolute atomic E-state index is 10.2. The summed E-state index contributed by atoms with van der Waals surface area (Å²) >= 11 is 6.21. The summed E-state index contributed by atoms with van der Waals surface area (Å²) < 4.78 is 0. The van der Waals surface area contributed by atoms with Gasteiger partial charge in [0.05, 0.1) is 23.4 Å². The number of hydrogen-bond donors (Lipinski definition) is 5. The minimum Gasteiger partial charge on any atom is -0.396 e. The molecule has 2 heterocycles. The summed E-state index contributed by atoms with van der Waals surface area (Å²) in [5.74, 6) is -0.0894. The van der Waals surface area contributed by atoms with Crippen LogP contribution in [0.1, 0.15) is 17.7 Å². The first-order valence-corrected chi connectivity index (χ1v) is 8.53. The molecule has 0 spiro atoms. The van der Waals surface area contributed by atoms with Crippen LogP contribution >= 0.6 is 11.6 Å². The number of hydrogen-bond acceptors (Lipinski definition) is 8. The first-order valence-electron chi connectivity index (χ1n) is 8.15. The molecule has 9 heteroatoms. The molecule has 3 rings (SSSR count). The van der Waals surface area contributed by atoms with Gasteiger partial charge in [-0.3, -0.25) is 4.98 Å². The summed E-state index contributed by atoms with van der Waals surface area (Å²) in [7, 11) is 0. The van der Waals surface area contributed by atoms with Crippen molar-refractivity contribution in [1.29, 1.82) is 0 Å². The van der Waals surface area contributed by atoms with E-state index >= 15 is 0 Å². The number of rotatable bonds is 5. The van der Waals surface area contributed by atoms with Crippen LogP contribution in [0.5, 0.6) is 0 Å². The fourth-order valence-corrected chi connectivity index (χ4v) is 3.22. The van der Waals surface area contributed by atoms with Crippen molar-refractivity contribution >= 4 is 35.5 Å². The van der Waals surface area contributed by atoms with Gasteiger partial charge in [-0.25, -0.2) is 4.98 Å². The van der Waals surface area contributed by atoms with Gasteiger partial charge in [-0.15, -0.1) is 0 Å². The van der Waals surface area contributed by atoms with Gasteiger partial charge in [0, 0.05) is 18.7 Å². The minimum absolute atomic E-state index is 0.0146. The molecule has 0 amide bonds. The van der Waals surface area contributed by atoms with E-state index in [9.17, 15) is 15.3 Å². The molecule has 0 aliphatic heterocycles. The van der Waals surface area contributed by atoms with Crippen LogP contribution in [-0.4, -0.2) is 55.1 Å². The monoisotopic (exact) mass is 377 g/mol. The van der Waals surface area contributed by atoms with Gasteiger partial charge in [0.1, 0.15) is 17.1 Å². The van der Waals surface area contributed by atoms with Crippen LogP contribution in [0.25, 0.3) is 12.2 Å². The number of halogens is 1. The second kappa shape index (κ2) is 7.96. The fourth-order valence-electron chi connectivity index (χ4n) is 2.98. The van der Waals surface area contributed by atoms with Crippen molar-refractivity contribution in [1.82, 2.24) is 15.0 Å². The average Bonchev–Trinajstić information content (AvgIpc) is 2.89. The van der Waals surface area contributed by atoms with Gasteiger partial charge in [-0.05, 0) is 30.7 Å². The summed E-state index contributed by atoms with van der Waals surface area (Å²) in [4.78, 5) is 12.3. The molecule has 2 aromatic heterocycles. The molecule has 0 unspecified atom stereocenters. The molecule has 1 fully saturated rings. The Bertz CT molecular complexity index is 789. The lowest BCUT2D eigenvalue weighted by molar-refractivity contribution is 0.00445. The summed E-state index contributed by atoms with van der Waals surface area (Å²) in [6.07, 6.45) is 3.44. The van der Waals surface area contributed by atoms with Crippen molar-refractivity contribution in [2.24, 2.45) is 5.92 Å². The number of nitrogens with zero attached hydrogens (tertiary/aromatic N) is 3. The zero-order valence-electron chi connectivity index (χ0n) is 13.8. The topological polar surface area (TPSA) is 137 Å². The molecule has 4 atom stereocenters. The van der Waals surface area contributed by atoms with Crippen LogP contribution in [0.2, 0.25) is 5.15 Å². The van der Waals surface area contributed by atoms with Gasteiger partial charge >= 0.3 is 0 Å². The summed E-state index contributed by atoms with van der Waals surface area (Å²) in [6.45, 7) is -0.213. The number of pyridine rings is 1. The van der Waals surface area contributed by atoms with Gasteiger partial charge in [0.15, 0.2) is 0 Å². The fraction of sp³-hybridized carbons (Fsp3) is 0.353. The van der Waals surface area contributed by atoms with E-state index in [1.165, 1.54) is 0 Å². The van der Waals surface area contributed by atoms with E-state index in [2.05, 4.69) is 20.3 Å². The van der Waals surface area contributed by atoms with Crippen molar-refractivity contribution in [3.63, 3.8) is 0 Å². The molecule has 2 aromatic rings. The summed E-state index contributed by atoms with van der Waals surface area (Å²) in [5.41, 5.74) is 6.90. The third-order valence-corrected chi connectivity index (χ3v) is 4.67. The van der Waals surface area contributed by atoms with Crippen molar-refractivity contribution in [3.05, 3.63) is 40.8 Å². The molecule has 0 aromatic carbocycles. The lowest BCUT2D eigenvalue weighted by atomic mass is 10.1. The highest BCUT2D eigenvalue weighted by molar-refractivity contribution is 6.31. The Morgan fingerprint density at radius 1 is 1.23 bits per heavy atom. The zero-order valence-corrected chi connectivity index (χ0v) is 14.6. The molecule has 0 radical (unpaired) electrons. The molecule has 26 heavy (non-hydrogen) atoms. The van der Waals surface area contributed by atoms with Crippen LogP contribution in [-0.2, 0) is 0 Å². The highest BCUT2D eigenvalue weighted by Gasteiger charge is 2.41. The third kappa shape index (κ3) is 3.94. The smallest absolute Gasteiger partial charge is 0.223 e. The van der Waals surface area contributed by atoms with Crippen LogP contribution < -0.4 is 11.1 Å². The molecule has 0 bridgehead atoms. The van der Waals surface area contributed by atoms with Gasteiger partial charge in [-0.1, -0.05) is 17.7 Å². The van der Waals surface area contributed by atoms with Crippen LogP contribution in [0.4, 0.5) is 11.8 Å². The van der Waals surface area contributed by atoms with Gasteiger partial charge in [-0.2, -0.15) is 4.98 Å². The van der Waals surface area contributed by atoms with Crippen molar-refractivity contribution in [2.45, 2.75) is 24.7 Å². The Morgan fingerprint density at radius 2 is 2.04 bits per heavy atom. The second-order valence-electron chi connectivity index (χ2n) is 6.13. The number of nitrogen functional groups attached to an aromatic ring is 1.